The van der Waals surface area contributed by atoms with E-state index in [1.807, 2.05) is 0 Å². The molecule has 8 heteroatoms. The molecule has 0 spiro atoms. The molecule has 110 valence electrons. The van der Waals surface area contributed by atoms with Crippen molar-refractivity contribution >= 4 is 21.6 Å². The lowest BCUT2D eigenvalue weighted by Gasteiger charge is -2.10. The molecule has 0 aliphatic heterocycles. The van der Waals surface area contributed by atoms with Gasteiger partial charge in [0.1, 0.15) is 11.5 Å². The predicted molar refractivity (Wildman–Crippen MR) is 73.7 cm³/mol. The first-order valence-electron chi connectivity index (χ1n) is 5.93. The summed E-state index contributed by atoms with van der Waals surface area (Å²) in [7, 11) is -4.25. The number of benzene rings is 1. The fourth-order valence-electron chi connectivity index (χ4n) is 1.63. The minimum atomic E-state index is -4.25. The molecule has 0 fully saturated rings. The first-order valence-corrected chi connectivity index (χ1v) is 7.37. The highest BCUT2D eigenvalue weighted by Crippen LogP contribution is 2.23. The van der Waals surface area contributed by atoms with Gasteiger partial charge in [-0.25, -0.2) is 0 Å². The average Bonchev–Trinajstić information content (AvgIpc) is 2.41. The molecule has 1 aromatic carbocycles. The van der Waals surface area contributed by atoms with Gasteiger partial charge in [-0.05, 0) is 30.3 Å². The van der Waals surface area contributed by atoms with Crippen molar-refractivity contribution in [2.45, 2.75) is 11.8 Å². The van der Waals surface area contributed by atoms with E-state index in [-0.39, 0.29) is 22.1 Å². The second kappa shape index (κ2) is 5.58. The van der Waals surface area contributed by atoms with E-state index in [9.17, 15) is 18.3 Å². The van der Waals surface area contributed by atoms with Gasteiger partial charge in [0.05, 0.1) is 10.6 Å². The van der Waals surface area contributed by atoms with Crippen LogP contribution in [-0.2, 0) is 14.9 Å². The molecule has 21 heavy (non-hydrogen) atoms. The number of hydrogen-bond acceptors (Lipinski definition) is 6. The highest BCUT2D eigenvalue weighted by atomic mass is 32.2. The Hall–Kier alpha value is -2.32. The Morgan fingerprint density at radius 3 is 2.33 bits per heavy atom. The standard InChI is InChI=1S/C13H12N2O5S/c1-8-6-11(13(17)7-12(8)16)15-14-9-2-4-10(5-3-9)21(18,19)20/h2-8,17H,1H3,(H,18,19,20). The zero-order valence-electron chi connectivity index (χ0n) is 11.0. The number of aliphatic hydroxyl groups is 1. The molecule has 0 saturated carbocycles. The molecular formula is C13H12N2O5S. The highest BCUT2D eigenvalue weighted by molar-refractivity contribution is 7.85. The first-order chi connectivity index (χ1) is 9.77. The van der Waals surface area contributed by atoms with Crippen molar-refractivity contribution in [3.63, 3.8) is 0 Å². The molecule has 1 atom stereocenters. The number of hydrogen-bond donors (Lipinski definition) is 2. The molecule has 7 nitrogen and oxygen atoms in total. The summed E-state index contributed by atoms with van der Waals surface area (Å²) in [5.41, 5.74) is 0.501. The van der Waals surface area contributed by atoms with Gasteiger partial charge in [-0.15, -0.1) is 5.11 Å². The normalized spacial score (nSPS) is 19.5. The number of ketones is 1. The van der Waals surface area contributed by atoms with Crippen molar-refractivity contribution in [3.8, 4) is 0 Å². The highest BCUT2D eigenvalue weighted by Gasteiger charge is 2.18. The van der Waals surface area contributed by atoms with Crippen molar-refractivity contribution in [1.82, 2.24) is 0 Å². The van der Waals surface area contributed by atoms with Gasteiger partial charge in [0.25, 0.3) is 10.1 Å². The third-order valence-electron chi connectivity index (χ3n) is 2.81. The number of nitrogens with zero attached hydrogens (tertiary/aromatic N) is 2. The number of allylic oxidation sites excluding steroid dienone is 2. The molecule has 0 aromatic heterocycles. The van der Waals surface area contributed by atoms with Crippen LogP contribution in [0.15, 0.2) is 63.0 Å². The van der Waals surface area contributed by atoms with Crippen LogP contribution in [0.2, 0.25) is 0 Å². The maximum atomic E-state index is 11.3. The number of carbonyl (C=O) groups excluding carboxylic acids is 1. The van der Waals surface area contributed by atoms with Crippen LogP contribution in [0.1, 0.15) is 6.92 Å². The van der Waals surface area contributed by atoms with Gasteiger partial charge < -0.3 is 5.11 Å². The molecule has 1 aliphatic carbocycles. The molecule has 0 bridgehead atoms. The van der Waals surface area contributed by atoms with Crippen molar-refractivity contribution in [2.75, 3.05) is 0 Å². The Morgan fingerprint density at radius 1 is 1.14 bits per heavy atom. The van der Waals surface area contributed by atoms with E-state index in [1.165, 1.54) is 30.3 Å². The fraction of sp³-hybridized carbons (Fsp3) is 0.154. The third kappa shape index (κ3) is 3.61. The second-order valence-electron chi connectivity index (χ2n) is 4.44. The predicted octanol–water partition coefficient (Wildman–Crippen LogP) is 2.56. The summed E-state index contributed by atoms with van der Waals surface area (Å²) < 4.78 is 30.6. The van der Waals surface area contributed by atoms with Crippen LogP contribution in [0.3, 0.4) is 0 Å². The van der Waals surface area contributed by atoms with Crippen LogP contribution in [0, 0.1) is 5.92 Å². The smallest absolute Gasteiger partial charge is 0.294 e. The average molecular weight is 308 g/mol. The van der Waals surface area contributed by atoms with E-state index >= 15 is 0 Å². The minimum Gasteiger partial charge on any atom is -0.505 e. The maximum absolute atomic E-state index is 11.3. The lowest BCUT2D eigenvalue weighted by Crippen LogP contribution is -2.11. The molecular weight excluding hydrogens is 296 g/mol. The quantitative estimate of drug-likeness (QED) is 0.657. The zero-order valence-corrected chi connectivity index (χ0v) is 11.8. The number of rotatable bonds is 3. The molecule has 2 N–H and O–H groups in total. The summed E-state index contributed by atoms with van der Waals surface area (Å²) in [6, 6.07) is 5.07. The van der Waals surface area contributed by atoms with Crippen LogP contribution in [-0.4, -0.2) is 23.9 Å². The van der Waals surface area contributed by atoms with E-state index in [2.05, 4.69) is 10.2 Å². The summed E-state index contributed by atoms with van der Waals surface area (Å²) in [6.45, 7) is 1.67. The Morgan fingerprint density at radius 2 is 1.76 bits per heavy atom. The fourth-order valence-corrected chi connectivity index (χ4v) is 2.11. The Balaban J connectivity index is 2.21. The van der Waals surface area contributed by atoms with Crippen molar-refractivity contribution in [1.29, 1.82) is 0 Å². The molecule has 0 saturated heterocycles. The molecule has 0 amide bonds. The van der Waals surface area contributed by atoms with E-state index in [1.54, 1.807) is 6.92 Å². The number of carbonyl (C=O) groups is 1. The maximum Gasteiger partial charge on any atom is 0.294 e. The monoisotopic (exact) mass is 308 g/mol. The lowest BCUT2D eigenvalue weighted by atomic mass is 9.99. The van der Waals surface area contributed by atoms with Gasteiger partial charge in [-0.1, -0.05) is 6.92 Å². The number of aliphatic hydroxyl groups excluding tert-OH is 1. The third-order valence-corrected chi connectivity index (χ3v) is 3.67. The summed E-state index contributed by atoms with van der Waals surface area (Å²) >= 11 is 0. The SMILES string of the molecule is CC1C=C(N=Nc2ccc(S(=O)(=O)O)cc2)C(O)=CC1=O. The summed E-state index contributed by atoms with van der Waals surface area (Å²) in [6.07, 6.45) is 2.56. The second-order valence-corrected chi connectivity index (χ2v) is 5.86. The van der Waals surface area contributed by atoms with E-state index in [0.717, 1.165) is 6.08 Å². The van der Waals surface area contributed by atoms with E-state index in [0.29, 0.717) is 5.69 Å². The van der Waals surface area contributed by atoms with Crippen LogP contribution in [0.4, 0.5) is 5.69 Å². The van der Waals surface area contributed by atoms with Gasteiger partial charge in [-0.3, -0.25) is 9.35 Å². The van der Waals surface area contributed by atoms with Crippen LogP contribution in [0.5, 0.6) is 0 Å². The molecule has 1 aliphatic rings. The largest absolute Gasteiger partial charge is 0.505 e. The van der Waals surface area contributed by atoms with Gasteiger partial charge in [0.2, 0.25) is 0 Å². The van der Waals surface area contributed by atoms with Crippen LogP contribution < -0.4 is 0 Å². The van der Waals surface area contributed by atoms with Gasteiger partial charge >= 0.3 is 0 Å². The molecule has 1 unspecified atom stereocenters. The van der Waals surface area contributed by atoms with Gasteiger partial charge in [0.15, 0.2) is 5.78 Å². The Kier molecular flexibility index (Phi) is 4.01. The van der Waals surface area contributed by atoms with Gasteiger partial charge in [-0.2, -0.15) is 13.5 Å². The Bertz CT molecular complexity index is 760. The lowest BCUT2D eigenvalue weighted by molar-refractivity contribution is -0.116. The van der Waals surface area contributed by atoms with E-state index < -0.39 is 16.0 Å². The topological polar surface area (TPSA) is 116 Å². The minimum absolute atomic E-state index is 0.168. The van der Waals surface area contributed by atoms with Crippen molar-refractivity contribution < 1.29 is 22.9 Å². The van der Waals surface area contributed by atoms with Crippen LogP contribution in [0.25, 0.3) is 0 Å². The zero-order chi connectivity index (χ0) is 15.6. The molecule has 0 heterocycles. The number of azo groups is 1. The Labute approximate surface area is 121 Å². The van der Waals surface area contributed by atoms with Crippen LogP contribution >= 0.6 is 0 Å². The van der Waals surface area contributed by atoms with Crippen molar-refractivity contribution in [2.24, 2.45) is 16.1 Å². The molecule has 2 rings (SSSR count). The van der Waals surface area contributed by atoms with Crippen molar-refractivity contribution in [3.05, 3.63) is 47.9 Å². The summed E-state index contributed by atoms with van der Waals surface area (Å²) in [5, 5.41) is 17.2. The molecule has 0 radical (unpaired) electrons. The summed E-state index contributed by atoms with van der Waals surface area (Å²) in [5.74, 6) is -0.878. The summed E-state index contributed by atoms with van der Waals surface area (Å²) in [4.78, 5) is 11.1. The van der Waals surface area contributed by atoms with Gasteiger partial charge in [0, 0.05) is 12.0 Å². The molecule has 1 aromatic rings. The first kappa shape index (κ1) is 15.1. The van der Waals surface area contributed by atoms with E-state index in [4.69, 9.17) is 4.55 Å².